The Morgan fingerprint density at radius 3 is 2.52 bits per heavy atom. The number of ether oxygens (including phenoxy) is 1. The van der Waals surface area contributed by atoms with Gasteiger partial charge in [-0.1, -0.05) is 50.2 Å². The summed E-state index contributed by atoms with van der Waals surface area (Å²) in [6.07, 6.45) is 3.48. The number of nitrogens with zero attached hydrogens (tertiary/aromatic N) is 1. The molecular weight excluding hydrogens is 362 g/mol. The predicted octanol–water partition coefficient (Wildman–Crippen LogP) is 4.21. The Bertz CT molecular complexity index is 924. The van der Waals surface area contributed by atoms with Crippen LogP contribution in [0, 0.1) is 0 Å². The number of hydrogen-bond donors (Lipinski definition) is 2. The molecule has 0 aliphatic heterocycles. The summed E-state index contributed by atoms with van der Waals surface area (Å²) in [6, 6.07) is 18.9. The zero-order valence-corrected chi connectivity index (χ0v) is 16.8. The monoisotopic (exact) mass is 389 g/mol. The molecule has 3 aromatic rings. The topological polar surface area (TPSA) is 77.2 Å². The molecule has 0 bridgehead atoms. The normalized spacial score (nSPS) is 11.9. The number of benzene rings is 2. The standard InChI is InChI=1S/C24H27N3O2/c1-17(2)19-8-10-20(11-9-19)23(25)15-27-24(28)21-6-3-7-22(13-21)29-16-18-5-4-12-26-14-18/h3-14,17,23H,15-16,25H2,1-2H3,(H,27,28). The van der Waals surface area contributed by atoms with E-state index in [1.807, 2.05) is 30.3 Å². The molecule has 0 fully saturated rings. The summed E-state index contributed by atoms with van der Waals surface area (Å²) in [7, 11) is 0. The van der Waals surface area contributed by atoms with Crippen LogP contribution >= 0.6 is 0 Å². The second-order valence-corrected chi connectivity index (χ2v) is 7.32. The summed E-state index contributed by atoms with van der Waals surface area (Å²) >= 11 is 0. The number of aromatic nitrogens is 1. The number of amides is 1. The van der Waals surface area contributed by atoms with Crippen LogP contribution in [0.5, 0.6) is 5.75 Å². The lowest BCUT2D eigenvalue weighted by atomic mass is 9.99. The first-order valence-corrected chi connectivity index (χ1v) is 9.78. The van der Waals surface area contributed by atoms with Gasteiger partial charge in [0.05, 0.1) is 0 Å². The zero-order chi connectivity index (χ0) is 20.6. The molecule has 0 spiro atoms. The summed E-state index contributed by atoms with van der Waals surface area (Å²) < 4.78 is 5.76. The van der Waals surface area contributed by atoms with E-state index in [9.17, 15) is 4.79 Å². The molecule has 3 rings (SSSR count). The fourth-order valence-electron chi connectivity index (χ4n) is 2.93. The third kappa shape index (κ3) is 5.90. The summed E-state index contributed by atoms with van der Waals surface area (Å²) in [5.41, 5.74) is 10.0. The number of rotatable bonds is 8. The van der Waals surface area contributed by atoms with Crippen molar-refractivity contribution in [3.05, 3.63) is 95.3 Å². The van der Waals surface area contributed by atoms with E-state index in [4.69, 9.17) is 10.5 Å². The minimum absolute atomic E-state index is 0.175. The van der Waals surface area contributed by atoms with Gasteiger partial charge in [0, 0.05) is 36.1 Å². The van der Waals surface area contributed by atoms with Gasteiger partial charge < -0.3 is 15.8 Å². The van der Waals surface area contributed by atoms with Crippen LogP contribution in [-0.4, -0.2) is 17.4 Å². The van der Waals surface area contributed by atoms with Crippen LogP contribution in [0.25, 0.3) is 0 Å². The molecule has 0 saturated carbocycles. The van der Waals surface area contributed by atoms with Crippen molar-refractivity contribution in [3.63, 3.8) is 0 Å². The van der Waals surface area contributed by atoms with Crippen LogP contribution in [0.1, 0.15) is 52.9 Å². The number of carbonyl (C=O) groups excluding carboxylic acids is 1. The number of pyridine rings is 1. The minimum Gasteiger partial charge on any atom is -0.489 e. The van der Waals surface area contributed by atoms with E-state index in [2.05, 4.69) is 36.3 Å². The van der Waals surface area contributed by atoms with Crippen LogP contribution in [0.3, 0.4) is 0 Å². The zero-order valence-electron chi connectivity index (χ0n) is 16.8. The van der Waals surface area contributed by atoms with Crippen molar-refractivity contribution < 1.29 is 9.53 Å². The highest BCUT2D eigenvalue weighted by Crippen LogP contribution is 2.18. The fourth-order valence-corrected chi connectivity index (χ4v) is 2.93. The summed E-state index contributed by atoms with van der Waals surface area (Å²) in [4.78, 5) is 16.6. The van der Waals surface area contributed by atoms with E-state index in [0.29, 0.717) is 30.4 Å². The number of nitrogens with one attached hydrogen (secondary N) is 1. The van der Waals surface area contributed by atoms with Crippen LogP contribution < -0.4 is 15.8 Å². The molecule has 1 heterocycles. The Hall–Kier alpha value is -3.18. The van der Waals surface area contributed by atoms with Crippen LogP contribution in [0.2, 0.25) is 0 Å². The van der Waals surface area contributed by atoms with Gasteiger partial charge in [-0.25, -0.2) is 0 Å². The van der Waals surface area contributed by atoms with Gasteiger partial charge in [-0.2, -0.15) is 0 Å². The van der Waals surface area contributed by atoms with Crippen molar-refractivity contribution in [1.29, 1.82) is 0 Å². The van der Waals surface area contributed by atoms with Crippen molar-refractivity contribution in [2.75, 3.05) is 6.54 Å². The maximum atomic E-state index is 12.5. The van der Waals surface area contributed by atoms with Crippen molar-refractivity contribution in [2.45, 2.75) is 32.4 Å². The molecule has 1 unspecified atom stereocenters. The highest BCUT2D eigenvalue weighted by atomic mass is 16.5. The molecule has 1 amide bonds. The third-order valence-corrected chi connectivity index (χ3v) is 4.74. The molecule has 5 heteroatoms. The van der Waals surface area contributed by atoms with Crippen molar-refractivity contribution in [1.82, 2.24) is 10.3 Å². The highest BCUT2D eigenvalue weighted by molar-refractivity contribution is 5.94. The third-order valence-electron chi connectivity index (χ3n) is 4.74. The van der Waals surface area contributed by atoms with Crippen molar-refractivity contribution in [2.24, 2.45) is 5.73 Å². The fraction of sp³-hybridized carbons (Fsp3) is 0.250. The number of carbonyl (C=O) groups is 1. The molecule has 1 aromatic heterocycles. The molecule has 3 N–H and O–H groups in total. The largest absolute Gasteiger partial charge is 0.489 e. The molecule has 2 aromatic carbocycles. The van der Waals surface area contributed by atoms with Gasteiger partial charge in [-0.15, -0.1) is 0 Å². The minimum atomic E-state index is -0.259. The van der Waals surface area contributed by atoms with E-state index in [0.717, 1.165) is 11.1 Å². The second kappa shape index (κ2) is 9.85. The van der Waals surface area contributed by atoms with Gasteiger partial charge in [-0.05, 0) is 41.3 Å². The Labute approximate surface area is 171 Å². The van der Waals surface area contributed by atoms with Gasteiger partial charge in [-0.3, -0.25) is 9.78 Å². The second-order valence-electron chi connectivity index (χ2n) is 7.32. The Balaban J connectivity index is 1.54. The molecule has 0 aliphatic carbocycles. The summed E-state index contributed by atoms with van der Waals surface area (Å²) in [5, 5.41) is 2.91. The lowest BCUT2D eigenvalue weighted by Crippen LogP contribution is -2.31. The number of hydrogen-bond acceptors (Lipinski definition) is 4. The first-order valence-electron chi connectivity index (χ1n) is 9.78. The lowest BCUT2D eigenvalue weighted by molar-refractivity contribution is 0.0950. The quantitative estimate of drug-likeness (QED) is 0.605. The smallest absolute Gasteiger partial charge is 0.251 e. The Morgan fingerprint density at radius 1 is 1.07 bits per heavy atom. The van der Waals surface area contributed by atoms with Gasteiger partial charge in [0.25, 0.3) is 5.91 Å². The van der Waals surface area contributed by atoms with Gasteiger partial charge in [0.1, 0.15) is 12.4 Å². The SMILES string of the molecule is CC(C)c1ccc(C(N)CNC(=O)c2cccc(OCc3cccnc3)c2)cc1. The van der Waals surface area contributed by atoms with Gasteiger partial charge in [0.2, 0.25) is 0 Å². The van der Waals surface area contributed by atoms with E-state index >= 15 is 0 Å². The molecule has 29 heavy (non-hydrogen) atoms. The lowest BCUT2D eigenvalue weighted by Gasteiger charge is -2.15. The molecule has 0 radical (unpaired) electrons. The van der Waals surface area contributed by atoms with E-state index in [1.165, 1.54) is 5.56 Å². The molecule has 0 saturated heterocycles. The Morgan fingerprint density at radius 2 is 1.83 bits per heavy atom. The van der Waals surface area contributed by atoms with Crippen molar-refractivity contribution >= 4 is 5.91 Å². The highest BCUT2D eigenvalue weighted by Gasteiger charge is 2.11. The van der Waals surface area contributed by atoms with Crippen LogP contribution in [0.15, 0.2) is 73.1 Å². The predicted molar refractivity (Wildman–Crippen MR) is 115 cm³/mol. The molecule has 1 atom stereocenters. The maximum absolute atomic E-state index is 12.5. The molecule has 0 aliphatic rings. The van der Waals surface area contributed by atoms with E-state index in [-0.39, 0.29) is 11.9 Å². The number of nitrogens with two attached hydrogens (primary N) is 1. The Kier molecular flexibility index (Phi) is 6.98. The first-order chi connectivity index (χ1) is 14.0. The van der Waals surface area contributed by atoms with Crippen LogP contribution in [0.4, 0.5) is 0 Å². The summed E-state index contributed by atoms with van der Waals surface area (Å²) in [5.74, 6) is 0.939. The van der Waals surface area contributed by atoms with Crippen LogP contribution in [-0.2, 0) is 6.61 Å². The average Bonchev–Trinajstić information content (AvgIpc) is 2.76. The van der Waals surface area contributed by atoms with E-state index < -0.39 is 0 Å². The summed E-state index contributed by atoms with van der Waals surface area (Å²) in [6.45, 7) is 5.07. The first kappa shape index (κ1) is 20.6. The average molecular weight is 389 g/mol. The maximum Gasteiger partial charge on any atom is 0.251 e. The van der Waals surface area contributed by atoms with Gasteiger partial charge >= 0.3 is 0 Å². The molecule has 150 valence electrons. The van der Waals surface area contributed by atoms with Crippen molar-refractivity contribution in [3.8, 4) is 5.75 Å². The van der Waals surface area contributed by atoms with Gasteiger partial charge in [0.15, 0.2) is 0 Å². The molecule has 5 nitrogen and oxygen atoms in total. The molecular formula is C24H27N3O2. The van der Waals surface area contributed by atoms with E-state index in [1.54, 1.807) is 30.6 Å².